The van der Waals surface area contributed by atoms with Crippen LogP contribution in [0.4, 0.5) is 10.5 Å². The van der Waals surface area contributed by atoms with E-state index in [1.165, 1.54) is 20.1 Å². The van der Waals surface area contributed by atoms with Crippen molar-refractivity contribution >= 4 is 29.4 Å². The van der Waals surface area contributed by atoms with Gasteiger partial charge in [-0.25, -0.2) is 14.4 Å². The smallest absolute Gasteiger partial charge is 0.340 e. The van der Waals surface area contributed by atoms with Crippen LogP contribution in [-0.4, -0.2) is 48.0 Å². The predicted molar refractivity (Wildman–Crippen MR) is 115 cm³/mol. The van der Waals surface area contributed by atoms with E-state index < -0.39 is 29.9 Å². The number of ether oxygens (including phenoxy) is 2. The van der Waals surface area contributed by atoms with E-state index in [9.17, 15) is 19.2 Å². The van der Waals surface area contributed by atoms with Gasteiger partial charge in [0.1, 0.15) is 0 Å². The number of esters is 2. The van der Waals surface area contributed by atoms with Crippen LogP contribution in [0.2, 0.25) is 0 Å². The van der Waals surface area contributed by atoms with Crippen LogP contribution >= 0.6 is 0 Å². The maximum Gasteiger partial charge on any atom is 0.340 e. The topological polar surface area (TPSA) is 127 Å². The quantitative estimate of drug-likeness (QED) is 0.457. The van der Waals surface area contributed by atoms with E-state index in [-0.39, 0.29) is 28.6 Å². The summed E-state index contributed by atoms with van der Waals surface area (Å²) in [6, 6.07) is 5.78. The summed E-state index contributed by atoms with van der Waals surface area (Å²) in [7, 11) is 1.26. The fraction of sp³-hybridized carbons (Fsp3) is 0.364. The number of anilines is 1. The molecule has 2 amide bonds. The monoisotopic (exact) mass is 429 g/mol. The number of methoxy groups -OCH3 is 1. The Morgan fingerprint density at radius 3 is 2.26 bits per heavy atom. The minimum absolute atomic E-state index is 0.0841. The van der Waals surface area contributed by atoms with Gasteiger partial charge in [-0.15, -0.1) is 0 Å². The lowest BCUT2D eigenvalue weighted by Gasteiger charge is -2.15. The number of benzene rings is 1. The average molecular weight is 429 g/mol. The van der Waals surface area contributed by atoms with E-state index in [0.717, 1.165) is 0 Å². The van der Waals surface area contributed by atoms with Crippen molar-refractivity contribution in [2.45, 2.75) is 46.8 Å². The van der Waals surface area contributed by atoms with Gasteiger partial charge in [-0.2, -0.15) is 0 Å². The van der Waals surface area contributed by atoms with Crippen LogP contribution in [0.5, 0.6) is 0 Å². The number of hydrogen-bond donors (Lipinski definition) is 3. The fourth-order valence-corrected chi connectivity index (χ4v) is 3.08. The minimum Gasteiger partial charge on any atom is -0.465 e. The molecule has 0 aliphatic carbocycles. The van der Waals surface area contributed by atoms with Crippen LogP contribution < -0.4 is 10.6 Å². The summed E-state index contributed by atoms with van der Waals surface area (Å²) in [5.74, 6) is -1.82. The standard InChI is InChI=1S/C22H27N3O6/c1-11(2)23-22(29)25-16-10-8-7-9-15(16)20(27)31-14(5)19(26)18-12(3)17(13(4)24-18)21(28)30-6/h7-11,14,24H,1-6H3,(H2,23,25,29). The molecular weight excluding hydrogens is 402 g/mol. The van der Waals surface area contributed by atoms with Gasteiger partial charge < -0.3 is 25.1 Å². The van der Waals surface area contributed by atoms with Crippen LogP contribution in [0.1, 0.15) is 63.2 Å². The summed E-state index contributed by atoms with van der Waals surface area (Å²) in [4.78, 5) is 52.4. The molecule has 1 aromatic carbocycles. The minimum atomic E-state index is -1.13. The molecule has 0 spiro atoms. The van der Waals surface area contributed by atoms with Crippen molar-refractivity contribution in [1.29, 1.82) is 0 Å². The highest BCUT2D eigenvalue weighted by atomic mass is 16.5. The zero-order valence-corrected chi connectivity index (χ0v) is 18.4. The Morgan fingerprint density at radius 2 is 1.65 bits per heavy atom. The molecule has 1 heterocycles. The second kappa shape index (κ2) is 9.92. The lowest BCUT2D eigenvalue weighted by molar-refractivity contribution is 0.0317. The highest BCUT2D eigenvalue weighted by Gasteiger charge is 2.28. The van der Waals surface area contributed by atoms with E-state index in [1.807, 2.05) is 13.8 Å². The van der Waals surface area contributed by atoms with Crippen molar-refractivity contribution < 1.29 is 28.7 Å². The molecule has 2 rings (SSSR count). The number of hydrogen-bond acceptors (Lipinski definition) is 6. The molecule has 0 aliphatic heterocycles. The maximum atomic E-state index is 12.9. The molecule has 0 bridgehead atoms. The van der Waals surface area contributed by atoms with Crippen LogP contribution in [0, 0.1) is 13.8 Å². The third kappa shape index (κ3) is 5.50. The van der Waals surface area contributed by atoms with Crippen LogP contribution in [-0.2, 0) is 9.47 Å². The molecule has 0 saturated carbocycles. The summed E-state index contributed by atoms with van der Waals surface area (Å²) in [6.07, 6.45) is -1.13. The Balaban J connectivity index is 2.19. The van der Waals surface area contributed by atoms with E-state index in [0.29, 0.717) is 11.3 Å². The Kier molecular flexibility index (Phi) is 7.57. The number of nitrogens with one attached hydrogen (secondary N) is 3. The van der Waals surface area contributed by atoms with E-state index >= 15 is 0 Å². The third-order valence-corrected chi connectivity index (χ3v) is 4.54. The van der Waals surface area contributed by atoms with Gasteiger partial charge >= 0.3 is 18.0 Å². The number of para-hydroxylation sites is 1. The van der Waals surface area contributed by atoms with Gasteiger partial charge in [-0.1, -0.05) is 12.1 Å². The van der Waals surface area contributed by atoms with Gasteiger partial charge in [0.15, 0.2) is 6.10 Å². The van der Waals surface area contributed by atoms with Crippen LogP contribution in [0.25, 0.3) is 0 Å². The second-order valence-corrected chi connectivity index (χ2v) is 7.33. The molecule has 0 radical (unpaired) electrons. The summed E-state index contributed by atoms with van der Waals surface area (Å²) >= 11 is 0. The molecule has 9 nitrogen and oxygen atoms in total. The van der Waals surface area contributed by atoms with Crippen molar-refractivity contribution in [2.75, 3.05) is 12.4 Å². The molecule has 1 unspecified atom stereocenters. The van der Waals surface area contributed by atoms with Crippen molar-refractivity contribution in [1.82, 2.24) is 10.3 Å². The number of carbonyl (C=O) groups excluding carboxylic acids is 4. The molecule has 166 valence electrons. The van der Waals surface area contributed by atoms with Crippen molar-refractivity contribution in [3.63, 3.8) is 0 Å². The summed E-state index contributed by atoms with van der Waals surface area (Å²) in [5.41, 5.74) is 1.71. The highest BCUT2D eigenvalue weighted by Crippen LogP contribution is 2.22. The number of aromatic amines is 1. The Hall–Kier alpha value is -3.62. The van der Waals surface area contributed by atoms with Gasteiger partial charge in [-0.05, 0) is 52.3 Å². The zero-order chi connectivity index (χ0) is 23.3. The largest absolute Gasteiger partial charge is 0.465 e. The van der Waals surface area contributed by atoms with Gasteiger partial charge in [-0.3, -0.25) is 4.79 Å². The molecule has 1 aromatic heterocycles. The molecule has 9 heteroatoms. The Morgan fingerprint density at radius 1 is 1.00 bits per heavy atom. The number of carbonyl (C=O) groups is 4. The fourth-order valence-electron chi connectivity index (χ4n) is 3.08. The zero-order valence-electron chi connectivity index (χ0n) is 18.4. The van der Waals surface area contributed by atoms with Gasteiger partial charge in [0, 0.05) is 11.7 Å². The van der Waals surface area contributed by atoms with Crippen molar-refractivity contribution in [3.05, 3.63) is 52.3 Å². The van der Waals surface area contributed by atoms with Gasteiger partial charge in [0.2, 0.25) is 5.78 Å². The lowest BCUT2D eigenvalue weighted by Crippen LogP contribution is -2.34. The van der Waals surface area contributed by atoms with Crippen LogP contribution in [0.3, 0.4) is 0 Å². The Bertz CT molecular complexity index is 1010. The summed E-state index contributed by atoms with van der Waals surface area (Å²) in [6.45, 7) is 8.32. The van der Waals surface area contributed by atoms with Gasteiger partial charge in [0.25, 0.3) is 0 Å². The summed E-state index contributed by atoms with van der Waals surface area (Å²) in [5, 5.41) is 5.27. The van der Waals surface area contributed by atoms with Gasteiger partial charge in [0.05, 0.1) is 29.6 Å². The lowest BCUT2D eigenvalue weighted by atomic mass is 10.1. The number of aromatic nitrogens is 1. The normalized spacial score (nSPS) is 11.6. The first-order valence-electron chi connectivity index (χ1n) is 9.76. The second-order valence-electron chi connectivity index (χ2n) is 7.33. The number of H-pyrrole nitrogens is 1. The molecular formula is C22H27N3O6. The molecule has 0 aliphatic rings. The number of ketones is 1. The number of Topliss-reactive ketones (excluding diaryl/α,β-unsaturated/α-hetero) is 1. The molecule has 3 N–H and O–H groups in total. The number of amides is 2. The highest BCUT2D eigenvalue weighted by molar-refractivity contribution is 6.06. The molecule has 0 fully saturated rings. The number of rotatable bonds is 7. The van der Waals surface area contributed by atoms with E-state index in [2.05, 4.69) is 15.6 Å². The molecule has 31 heavy (non-hydrogen) atoms. The first-order chi connectivity index (χ1) is 14.6. The molecule has 0 saturated heterocycles. The number of urea groups is 1. The van der Waals surface area contributed by atoms with Crippen LogP contribution in [0.15, 0.2) is 24.3 Å². The molecule has 2 aromatic rings. The molecule has 1 atom stereocenters. The van der Waals surface area contributed by atoms with E-state index in [1.54, 1.807) is 32.0 Å². The average Bonchev–Trinajstić information content (AvgIpc) is 3.00. The number of aryl methyl sites for hydroxylation is 1. The summed E-state index contributed by atoms with van der Waals surface area (Å²) < 4.78 is 10.1. The van der Waals surface area contributed by atoms with Crippen molar-refractivity contribution in [2.24, 2.45) is 0 Å². The SMILES string of the molecule is COC(=O)c1c(C)[nH]c(C(=O)C(C)OC(=O)c2ccccc2NC(=O)NC(C)C)c1C. The first kappa shape index (κ1) is 23.7. The van der Waals surface area contributed by atoms with E-state index in [4.69, 9.17) is 9.47 Å². The van der Waals surface area contributed by atoms with Crippen molar-refractivity contribution in [3.8, 4) is 0 Å². The first-order valence-corrected chi connectivity index (χ1v) is 9.76. The predicted octanol–water partition coefficient (Wildman–Crippen LogP) is 3.38. The third-order valence-electron chi connectivity index (χ3n) is 4.54. The Labute approximate surface area is 180 Å². The maximum absolute atomic E-state index is 12.9.